The minimum absolute atomic E-state index is 0.507. The summed E-state index contributed by atoms with van der Waals surface area (Å²) in [6.07, 6.45) is 2.50. The van der Waals surface area contributed by atoms with Gasteiger partial charge in [-0.3, -0.25) is 4.57 Å². The lowest BCUT2D eigenvalue weighted by atomic mass is 10.3. The van der Waals surface area contributed by atoms with Gasteiger partial charge in [0.25, 0.3) is 0 Å². The van der Waals surface area contributed by atoms with E-state index in [1.165, 1.54) is 0 Å². The first-order chi connectivity index (χ1) is 9.70. The molecule has 2 aromatic heterocycles. The number of benzene rings is 1. The minimum Gasteiger partial charge on any atom is -0.279 e. The quantitative estimate of drug-likeness (QED) is 0.680. The summed E-state index contributed by atoms with van der Waals surface area (Å²) in [5.41, 5.74) is 3.64. The second kappa shape index (κ2) is 5.43. The Balaban J connectivity index is 2.32. The average Bonchev–Trinajstić information content (AvgIpc) is 2.77. The number of aryl methyl sites for hydroxylation is 2. The number of hydrogen-bond donors (Lipinski definition) is 0. The van der Waals surface area contributed by atoms with Crippen LogP contribution in [0.15, 0.2) is 36.5 Å². The third-order valence-corrected chi connectivity index (χ3v) is 3.62. The first-order valence-corrected chi connectivity index (χ1v) is 7.27. The van der Waals surface area contributed by atoms with Gasteiger partial charge in [-0.25, -0.2) is 9.97 Å². The molecule has 3 rings (SSSR count). The monoisotopic (exact) mass is 305 g/mol. The van der Waals surface area contributed by atoms with Gasteiger partial charge in [0.15, 0.2) is 5.65 Å². The fourth-order valence-electron chi connectivity index (χ4n) is 2.25. The molecule has 3 nitrogen and oxygen atoms in total. The van der Waals surface area contributed by atoms with Gasteiger partial charge in [0, 0.05) is 18.5 Å². The minimum atomic E-state index is 0.507. The van der Waals surface area contributed by atoms with Gasteiger partial charge in [-0.1, -0.05) is 23.7 Å². The molecule has 0 aliphatic heterocycles. The van der Waals surface area contributed by atoms with Crippen LogP contribution in [0.25, 0.3) is 16.9 Å². The molecule has 3 aromatic rings. The lowest BCUT2D eigenvalue weighted by Gasteiger charge is -2.09. The lowest BCUT2D eigenvalue weighted by molar-refractivity contribution is 0.905. The summed E-state index contributed by atoms with van der Waals surface area (Å²) >= 11 is 12.2. The van der Waals surface area contributed by atoms with Gasteiger partial charge in [-0.15, -0.1) is 11.6 Å². The molecule has 0 saturated heterocycles. The van der Waals surface area contributed by atoms with Crippen molar-refractivity contribution in [3.63, 3.8) is 0 Å². The summed E-state index contributed by atoms with van der Waals surface area (Å²) in [5, 5.41) is 0.671. The highest BCUT2D eigenvalue weighted by Gasteiger charge is 2.15. The number of alkyl halides is 1. The largest absolute Gasteiger partial charge is 0.279 e. The molecule has 0 unspecified atom stereocenters. The van der Waals surface area contributed by atoms with E-state index in [9.17, 15) is 0 Å². The van der Waals surface area contributed by atoms with Gasteiger partial charge in [0.2, 0.25) is 0 Å². The number of fused-ring (bicyclic) bond motifs is 1. The number of rotatable bonds is 3. The normalized spacial score (nSPS) is 11.2. The molecule has 0 amide bonds. The summed E-state index contributed by atoms with van der Waals surface area (Å²) in [4.78, 5) is 9.14. The molecule has 0 atom stereocenters. The predicted molar refractivity (Wildman–Crippen MR) is 83.0 cm³/mol. The molecule has 0 radical (unpaired) electrons. The van der Waals surface area contributed by atoms with Crippen LogP contribution in [-0.2, 0) is 6.42 Å². The number of aromatic nitrogens is 3. The molecule has 2 heterocycles. The van der Waals surface area contributed by atoms with Crippen molar-refractivity contribution < 1.29 is 0 Å². The number of halogens is 2. The molecule has 20 heavy (non-hydrogen) atoms. The number of nitrogens with zero attached hydrogens (tertiary/aromatic N) is 3. The number of pyridine rings is 1. The smallest absolute Gasteiger partial charge is 0.164 e. The summed E-state index contributed by atoms with van der Waals surface area (Å²) in [7, 11) is 0. The van der Waals surface area contributed by atoms with Crippen molar-refractivity contribution in [2.24, 2.45) is 0 Å². The van der Waals surface area contributed by atoms with Crippen molar-refractivity contribution in [2.45, 2.75) is 13.3 Å². The molecular formula is C15H13Cl2N3. The van der Waals surface area contributed by atoms with Crippen molar-refractivity contribution in [1.29, 1.82) is 0 Å². The second-order valence-corrected chi connectivity index (χ2v) is 5.39. The molecule has 0 aliphatic carbocycles. The molecule has 102 valence electrons. The Morgan fingerprint density at radius 1 is 1.25 bits per heavy atom. The van der Waals surface area contributed by atoms with Crippen LogP contribution < -0.4 is 0 Å². The zero-order valence-electron chi connectivity index (χ0n) is 11.0. The second-order valence-electron chi connectivity index (χ2n) is 4.61. The maximum atomic E-state index is 6.31. The molecule has 1 aromatic carbocycles. The van der Waals surface area contributed by atoms with Crippen LogP contribution in [0.1, 0.15) is 11.4 Å². The summed E-state index contributed by atoms with van der Waals surface area (Å²) in [6, 6.07) is 9.70. The zero-order chi connectivity index (χ0) is 14.1. The molecule has 0 spiro atoms. The SMILES string of the molecule is Cc1cnc2c(c1)nc(CCCl)n2-c1ccccc1Cl. The summed E-state index contributed by atoms with van der Waals surface area (Å²) in [6.45, 7) is 2.00. The first kappa shape index (κ1) is 13.4. The van der Waals surface area contributed by atoms with E-state index in [4.69, 9.17) is 23.2 Å². The van der Waals surface area contributed by atoms with E-state index in [1.807, 2.05) is 48.0 Å². The van der Waals surface area contributed by atoms with E-state index in [0.29, 0.717) is 17.3 Å². The van der Waals surface area contributed by atoms with Crippen molar-refractivity contribution in [3.8, 4) is 5.69 Å². The highest BCUT2D eigenvalue weighted by atomic mass is 35.5. The third kappa shape index (κ3) is 2.28. The fraction of sp³-hybridized carbons (Fsp3) is 0.200. The zero-order valence-corrected chi connectivity index (χ0v) is 12.5. The Hall–Kier alpha value is -1.58. The van der Waals surface area contributed by atoms with E-state index < -0.39 is 0 Å². The number of para-hydroxylation sites is 1. The molecule has 0 fully saturated rings. The van der Waals surface area contributed by atoms with Crippen LogP contribution in [-0.4, -0.2) is 20.4 Å². The molecular weight excluding hydrogens is 293 g/mol. The highest BCUT2D eigenvalue weighted by Crippen LogP contribution is 2.26. The number of hydrogen-bond acceptors (Lipinski definition) is 2. The Morgan fingerprint density at radius 2 is 2.05 bits per heavy atom. The van der Waals surface area contributed by atoms with E-state index >= 15 is 0 Å². The van der Waals surface area contributed by atoms with E-state index in [2.05, 4.69) is 9.97 Å². The Morgan fingerprint density at radius 3 is 2.80 bits per heavy atom. The standard InChI is InChI=1S/C15H13Cl2N3/c1-10-8-12-15(18-9-10)20(14(19-12)6-7-16)13-5-3-2-4-11(13)17/h2-5,8-9H,6-7H2,1H3. The van der Waals surface area contributed by atoms with Gasteiger partial charge < -0.3 is 0 Å². The molecule has 0 aliphatic rings. The summed E-state index contributed by atoms with van der Waals surface area (Å²) in [5.74, 6) is 1.38. The van der Waals surface area contributed by atoms with Gasteiger partial charge in [-0.05, 0) is 30.7 Å². The van der Waals surface area contributed by atoms with Crippen LogP contribution in [0.3, 0.4) is 0 Å². The van der Waals surface area contributed by atoms with Gasteiger partial charge in [-0.2, -0.15) is 0 Å². The molecule has 5 heteroatoms. The van der Waals surface area contributed by atoms with Crippen LogP contribution in [0.2, 0.25) is 5.02 Å². The average molecular weight is 306 g/mol. The molecule has 0 bridgehead atoms. The van der Waals surface area contributed by atoms with Gasteiger partial charge in [0.05, 0.1) is 10.7 Å². The third-order valence-electron chi connectivity index (χ3n) is 3.11. The fourth-order valence-corrected chi connectivity index (χ4v) is 2.64. The van der Waals surface area contributed by atoms with Gasteiger partial charge in [0.1, 0.15) is 11.3 Å². The molecule has 0 N–H and O–H groups in total. The van der Waals surface area contributed by atoms with Crippen molar-refractivity contribution in [1.82, 2.24) is 14.5 Å². The Bertz CT molecular complexity index is 765. The van der Waals surface area contributed by atoms with Crippen LogP contribution in [0.4, 0.5) is 0 Å². The first-order valence-electron chi connectivity index (χ1n) is 6.35. The topological polar surface area (TPSA) is 30.7 Å². The van der Waals surface area contributed by atoms with Crippen LogP contribution in [0.5, 0.6) is 0 Å². The Kier molecular flexibility index (Phi) is 3.64. The van der Waals surface area contributed by atoms with Crippen molar-refractivity contribution in [3.05, 3.63) is 52.9 Å². The molecule has 0 saturated carbocycles. The highest BCUT2D eigenvalue weighted by molar-refractivity contribution is 6.32. The summed E-state index contributed by atoms with van der Waals surface area (Å²) < 4.78 is 1.99. The van der Waals surface area contributed by atoms with Crippen LogP contribution >= 0.6 is 23.2 Å². The van der Waals surface area contributed by atoms with Gasteiger partial charge >= 0.3 is 0 Å². The maximum Gasteiger partial charge on any atom is 0.164 e. The predicted octanol–water partition coefficient (Wildman–Crippen LogP) is 4.16. The van der Waals surface area contributed by atoms with E-state index in [0.717, 1.165) is 28.2 Å². The number of imidazole rings is 1. The van der Waals surface area contributed by atoms with Crippen molar-refractivity contribution >= 4 is 34.4 Å². The Labute approximate surface area is 127 Å². The van der Waals surface area contributed by atoms with Crippen molar-refractivity contribution in [2.75, 3.05) is 5.88 Å². The van der Waals surface area contributed by atoms with E-state index in [-0.39, 0.29) is 0 Å². The van der Waals surface area contributed by atoms with Crippen LogP contribution in [0, 0.1) is 6.92 Å². The lowest BCUT2D eigenvalue weighted by Crippen LogP contribution is -2.03. The van der Waals surface area contributed by atoms with E-state index in [1.54, 1.807) is 0 Å². The maximum absolute atomic E-state index is 6.31.